The molecule has 0 spiro atoms. The minimum Gasteiger partial charge on any atom is -0.305 e. The monoisotopic (exact) mass is 563 g/mol. The van der Waals surface area contributed by atoms with Crippen molar-refractivity contribution in [3.63, 3.8) is 0 Å². The summed E-state index contributed by atoms with van der Waals surface area (Å²) in [7, 11) is 0. The van der Waals surface area contributed by atoms with E-state index in [2.05, 4.69) is 28.7 Å². The number of hydrogen-bond donors (Lipinski definition) is 0. The largest absolute Gasteiger partial charge is 0.305 e. The van der Waals surface area contributed by atoms with Gasteiger partial charge < -0.3 is 9.97 Å². The van der Waals surface area contributed by atoms with Gasteiger partial charge in [-0.1, -0.05) is 35.9 Å². The maximum atomic E-state index is 13.2. The molecule has 2 aromatic carbocycles. The van der Waals surface area contributed by atoms with Gasteiger partial charge in [0.15, 0.2) is 0 Å². The zero-order valence-corrected chi connectivity index (χ0v) is 17.7. The fraction of sp³-hybridized carbons (Fsp3) is 0. The van der Waals surface area contributed by atoms with E-state index < -0.39 is 11.6 Å². The number of aromatic nitrogens is 2. The molecule has 2 nitrogen and oxygen atoms in total. The average Bonchev–Trinajstić information content (AvgIpc) is 2.75. The van der Waals surface area contributed by atoms with Crippen LogP contribution in [0.4, 0.5) is 8.78 Å². The summed E-state index contributed by atoms with van der Waals surface area (Å²) in [5.41, 5.74) is 3.67. The van der Waals surface area contributed by atoms with Crippen molar-refractivity contribution in [1.82, 2.24) is 9.97 Å². The molecule has 0 aliphatic rings. The van der Waals surface area contributed by atoms with Crippen LogP contribution in [0, 0.1) is 23.8 Å². The minimum absolute atomic E-state index is 0. The molecule has 29 heavy (non-hydrogen) atoms. The van der Waals surface area contributed by atoms with Gasteiger partial charge in [-0.05, 0) is 23.5 Å². The maximum Gasteiger partial charge on any atom is 0.0408 e. The van der Waals surface area contributed by atoms with Crippen LogP contribution in [0.15, 0.2) is 85.7 Å². The molecule has 1 radical (unpaired) electrons. The fourth-order valence-electron chi connectivity index (χ4n) is 2.40. The molecular formula is C24H16F2IrN2-2. The molecule has 4 aromatic rings. The molecule has 0 N–H and O–H groups in total. The van der Waals surface area contributed by atoms with Gasteiger partial charge in [-0.2, -0.15) is 0 Å². The van der Waals surface area contributed by atoms with Gasteiger partial charge in [-0.3, -0.25) is 8.78 Å². The third kappa shape index (κ3) is 6.24. The molecule has 0 fully saturated rings. The SMILES string of the molecule is C=Cc1c[c-]c(-c2ccccn2)cc1.Fc1c[c-]c(-c2ccccn2)c(F)c1.[Ir]. The van der Waals surface area contributed by atoms with E-state index in [0.29, 0.717) is 5.69 Å². The Bertz CT molecular complexity index is 1040. The second kappa shape index (κ2) is 11.1. The molecule has 147 valence electrons. The van der Waals surface area contributed by atoms with E-state index in [9.17, 15) is 8.78 Å². The molecule has 2 heterocycles. The van der Waals surface area contributed by atoms with Gasteiger partial charge in [0.1, 0.15) is 0 Å². The van der Waals surface area contributed by atoms with Crippen LogP contribution in [0.3, 0.4) is 0 Å². The first-order valence-electron chi connectivity index (χ1n) is 8.51. The van der Waals surface area contributed by atoms with E-state index in [1.54, 1.807) is 36.7 Å². The van der Waals surface area contributed by atoms with Gasteiger partial charge in [-0.15, -0.1) is 60.2 Å². The molecule has 0 atom stereocenters. The molecule has 0 saturated carbocycles. The normalized spacial score (nSPS) is 9.59. The predicted molar refractivity (Wildman–Crippen MR) is 107 cm³/mol. The Morgan fingerprint density at radius 1 is 0.828 bits per heavy atom. The quantitative estimate of drug-likeness (QED) is 0.286. The third-order valence-electron chi connectivity index (χ3n) is 3.79. The molecule has 0 amide bonds. The minimum atomic E-state index is -0.649. The Morgan fingerprint density at radius 3 is 2.03 bits per heavy atom. The van der Waals surface area contributed by atoms with Crippen LogP contribution in [0.25, 0.3) is 28.6 Å². The third-order valence-corrected chi connectivity index (χ3v) is 3.79. The van der Waals surface area contributed by atoms with Crippen LogP contribution in [0.1, 0.15) is 5.56 Å². The van der Waals surface area contributed by atoms with Gasteiger partial charge in [0, 0.05) is 44.1 Å². The van der Waals surface area contributed by atoms with Crippen molar-refractivity contribution in [2.24, 2.45) is 0 Å². The Morgan fingerprint density at radius 2 is 1.52 bits per heavy atom. The number of rotatable bonds is 3. The molecule has 2 aromatic heterocycles. The fourth-order valence-corrected chi connectivity index (χ4v) is 2.40. The molecule has 0 bridgehead atoms. The second-order valence-corrected chi connectivity index (χ2v) is 5.71. The Balaban J connectivity index is 0.000000200. The standard InChI is InChI=1S/C13H10N.C11H6F2N.Ir/c1-2-11-6-8-12(9-7-11)13-5-3-4-10-14-13;12-8-4-5-9(10(13)7-8)11-3-1-2-6-14-11;/h2-8,10H,1H2;1-4,6-7H;/q2*-1;. The van der Waals surface area contributed by atoms with Gasteiger partial charge in [0.05, 0.1) is 0 Å². The summed E-state index contributed by atoms with van der Waals surface area (Å²) < 4.78 is 25.8. The summed E-state index contributed by atoms with van der Waals surface area (Å²) >= 11 is 0. The summed E-state index contributed by atoms with van der Waals surface area (Å²) in [6, 6.07) is 24.5. The summed E-state index contributed by atoms with van der Waals surface area (Å²) in [6.07, 6.45) is 5.13. The molecular weight excluding hydrogens is 546 g/mol. The van der Waals surface area contributed by atoms with Crippen LogP contribution in [0.2, 0.25) is 0 Å². The summed E-state index contributed by atoms with van der Waals surface area (Å²) in [5, 5.41) is 0. The number of benzene rings is 2. The van der Waals surface area contributed by atoms with Crippen LogP contribution < -0.4 is 0 Å². The van der Waals surface area contributed by atoms with Gasteiger partial charge in [0.25, 0.3) is 0 Å². The first-order valence-corrected chi connectivity index (χ1v) is 8.51. The molecule has 0 unspecified atom stereocenters. The predicted octanol–water partition coefficient (Wildman–Crippen LogP) is 6.02. The smallest absolute Gasteiger partial charge is 0.0408 e. The van der Waals surface area contributed by atoms with Crippen molar-refractivity contribution in [1.29, 1.82) is 0 Å². The first-order chi connectivity index (χ1) is 13.7. The molecule has 5 heteroatoms. The van der Waals surface area contributed by atoms with Crippen LogP contribution in [-0.4, -0.2) is 9.97 Å². The van der Waals surface area contributed by atoms with E-state index in [0.717, 1.165) is 29.0 Å². The van der Waals surface area contributed by atoms with Crippen molar-refractivity contribution >= 4 is 6.08 Å². The zero-order valence-electron chi connectivity index (χ0n) is 15.3. The topological polar surface area (TPSA) is 25.8 Å². The van der Waals surface area contributed by atoms with Crippen LogP contribution in [-0.2, 0) is 20.1 Å². The summed E-state index contributed by atoms with van der Waals surface area (Å²) in [4.78, 5) is 8.19. The van der Waals surface area contributed by atoms with Gasteiger partial charge in [0.2, 0.25) is 0 Å². The number of halogens is 2. The summed E-state index contributed by atoms with van der Waals surface area (Å²) in [6.45, 7) is 3.70. The van der Waals surface area contributed by atoms with E-state index in [-0.39, 0.29) is 25.7 Å². The number of hydrogen-bond acceptors (Lipinski definition) is 2. The van der Waals surface area contributed by atoms with Crippen LogP contribution >= 0.6 is 0 Å². The van der Waals surface area contributed by atoms with Crippen LogP contribution in [0.5, 0.6) is 0 Å². The number of nitrogens with zero attached hydrogens (tertiary/aromatic N) is 2. The molecule has 0 saturated heterocycles. The molecule has 0 aliphatic carbocycles. The van der Waals surface area contributed by atoms with Crippen molar-refractivity contribution < 1.29 is 28.9 Å². The average molecular weight is 563 g/mol. The van der Waals surface area contributed by atoms with E-state index in [1.807, 2.05) is 36.4 Å². The Labute approximate surface area is 182 Å². The first kappa shape index (κ1) is 22.3. The van der Waals surface area contributed by atoms with E-state index in [4.69, 9.17) is 0 Å². The van der Waals surface area contributed by atoms with E-state index in [1.165, 1.54) is 0 Å². The Hall–Kier alpha value is -3.01. The van der Waals surface area contributed by atoms with E-state index >= 15 is 0 Å². The zero-order chi connectivity index (χ0) is 19.8. The van der Waals surface area contributed by atoms with Crippen molar-refractivity contribution in [2.75, 3.05) is 0 Å². The van der Waals surface area contributed by atoms with Crippen molar-refractivity contribution in [3.8, 4) is 22.5 Å². The summed E-state index contributed by atoms with van der Waals surface area (Å²) in [5.74, 6) is -1.29. The second-order valence-electron chi connectivity index (χ2n) is 5.71. The van der Waals surface area contributed by atoms with Gasteiger partial charge in [-0.25, -0.2) is 0 Å². The number of pyridine rings is 2. The molecule has 0 aliphatic heterocycles. The van der Waals surface area contributed by atoms with Crippen molar-refractivity contribution in [3.05, 3.63) is 115 Å². The van der Waals surface area contributed by atoms with Gasteiger partial charge >= 0.3 is 0 Å². The molecule has 4 rings (SSSR count). The maximum absolute atomic E-state index is 13.2. The van der Waals surface area contributed by atoms with Crippen molar-refractivity contribution in [2.45, 2.75) is 0 Å². The Kier molecular flexibility index (Phi) is 8.53.